The lowest BCUT2D eigenvalue weighted by atomic mass is 9.91. The van der Waals surface area contributed by atoms with Crippen LogP contribution in [-0.4, -0.2) is 72.2 Å². The van der Waals surface area contributed by atoms with E-state index < -0.39 is 0 Å². The molecule has 3 rings (SSSR count). The fourth-order valence-corrected chi connectivity index (χ4v) is 4.45. The van der Waals surface area contributed by atoms with Crippen molar-refractivity contribution in [3.8, 4) is 0 Å². The molecule has 1 spiro atoms. The number of halogens is 2. The van der Waals surface area contributed by atoms with Gasteiger partial charge >= 0.3 is 0 Å². The highest BCUT2D eigenvalue weighted by molar-refractivity contribution is 5.85. The molecule has 3 fully saturated rings. The molecule has 2 N–H and O–H groups in total. The van der Waals surface area contributed by atoms with Gasteiger partial charge in [-0.25, -0.2) is 0 Å². The highest BCUT2D eigenvalue weighted by Crippen LogP contribution is 2.59. The van der Waals surface area contributed by atoms with Crippen LogP contribution >= 0.6 is 24.8 Å². The van der Waals surface area contributed by atoms with Gasteiger partial charge in [-0.15, -0.1) is 24.8 Å². The van der Waals surface area contributed by atoms with Crippen LogP contribution in [0.4, 0.5) is 0 Å². The highest BCUT2D eigenvalue weighted by Gasteiger charge is 2.58. The summed E-state index contributed by atoms with van der Waals surface area (Å²) < 4.78 is 0. The van der Waals surface area contributed by atoms with Gasteiger partial charge in [0.2, 0.25) is 5.91 Å². The van der Waals surface area contributed by atoms with Crippen LogP contribution in [0.25, 0.3) is 0 Å². The van der Waals surface area contributed by atoms with Crippen LogP contribution in [0.2, 0.25) is 0 Å². The molecule has 142 valence electrons. The molecular formula is C17H33Cl2N3O2. The van der Waals surface area contributed by atoms with Crippen LogP contribution in [0.15, 0.2) is 0 Å². The monoisotopic (exact) mass is 381 g/mol. The van der Waals surface area contributed by atoms with E-state index in [0.717, 1.165) is 52.1 Å². The smallest absolute Gasteiger partial charge is 0.226 e. The summed E-state index contributed by atoms with van der Waals surface area (Å²) in [7, 11) is 0. The van der Waals surface area contributed by atoms with E-state index in [1.54, 1.807) is 0 Å². The van der Waals surface area contributed by atoms with E-state index in [0.29, 0.717) is 17.4 Å². The van der Waals surface area contributed by atoms with Gasteiger partial charge in [0.1, 0.15) is 0 Å². The molecule has 0 radical (unpaired) electrons. The van der Waals surface area contributed by atoms with Crippen molar-refractivity contribution >= 4 is 30.7 Å². The van der Waals surface area contributed by atoms with Crippen molar-refractivity contribution in [1.29, 1.82) is 0 Å². The SMILES string of the molecule is CCC1CN(C(=O)C2CC23CCNCC3)CCN1CC(C)O.Cl.Cl. The van der Waals surface area contributed by atoms with E-state index in [9.17, 15) is 9.90 Å². The Bertz CT molecular complexity index is 417. The van der Waals surface area contributed by atoms with Crippen molar-refractivity contribution in [2.24, 2.45) is 11.3 Å². The number of hydrogen-bond acceptors (Lipinski definition) is 4. The van der Waals surface area contributed by atoms with Crippen LogP contribution in [0.5, 0.6) is 0 Å². The summed E-state index contributed by atoms with van der Waals surface area (Å²) in [6.45, 7) is 9.46. The molecule has 1 amide bonds. The number of aliphatic hydroxyl groups is 1. The van der Waals surface area contributed by atoms with Gasteiger partial charge in [0.05, 0.1) is 6.10 Å². The molecule has 24 heavy (non-hydrogen) atoms. The molecule has 2 aliphatic heterocycles. The first-order valence-corrected chi connectivity index (χ1v) is 8.97. The Hall–Kier alpha value is -0.0700. The maximum Gasteiger partial charge on any atom is 0.226 e. The molecule has 5 nitrogen and oxygen atoms in total. The largest absolute Gasteiger partial charge is 0.392 e. The summed E-state index contributed by atoms with van der Waals surface area (Å²) in [6.07, 6.45) is 4.19. The standard InChI is InChI=1S/C17H31N3O2.2ClH/c1-3-14-12-20(9-8-19(14)11-13(2)21)16(22)15-10-17(15)4-6-18-7-5-17;;/h13-15,18,21H,3-12H2,1-2H3;2*1H. The second-order valence-electron chi connectivity index (χ2n) is 7.56. The van der Waals surface area contributed by atoms with Crippen LogP contribution in [0, 0.1) is 11.3 Å². The lowest BCUT2D eigenvalue weighted by Gasteiger charge is -2.42. The zero-order valence-corrected chi connectivity index (χ0v) is 16.5. The highest BCUT2D eigenvalue weighted by atomic mass is 35.5. The molecule has 3 atom stereocenters. The van der Waals surface area contributed by atoms with Crippen molar-refractivity contribution in [1.82, 2.24) is 15.1 Å². The summed E-state index contributed by atoms with van der Waals surface area (Å²) in [6, 6.07) is 0.398. The Labute approximate surface area is 158 Å². The minimum atomic E-state index is -0.294. The molecule has 0 bridgehead atoms. The molecule has 7 heteroatoms. The number of piperazine rings is 1. The average molecular weight is 382 g/mol. The minimum Gasteiger partial charge on any atom is -0.392 e. The third kappa shape index (κ3) is 4.55. The Balaban J connectivity index is 0.00000144. The first-order chi connectivity index (χ1) is 10.6. The van der Waals surface area contributed by atoms with Crippen molar-refractivity contribution < 1.29 is 9.90 Å². The van der Waals surface area contributed by atoms with Gasteiger partial charge in [0.25, 0.3) is 0 Å². The lowest BCUT2D eigenvalue weighted by Crippen LogP contribution is -2.56. The molecule has 2 heterocycles. The maximum absolute atomic E-state index is 12.9. The number of nitrogens with zero attached hydrogens (tertiary/aromatic N) is 2. The van der Waals surface area contributed by atoms with Crippen molar-refractivity contribution in [3.63, 3.8) is 0 Å². The number of carbonyl (C=O) groups excluding carboxylic acids is 1. The third-order valence-electron chi connectivity index (χ3n) is 5.97. The number of rotatable bonds is 4. The predicted molar refractivity (Wildman–Crippen MR) is 101 cm³/mol. The summed E-state index contributed by atoms with van der Waals surface area (Å²) >= 11 is 0. The zero-order valence-electron chi connectivity index (χ0n) is 14.9. The molecule has 3 unspecified atom stereocenters. The lowest BCUT2D eigenvalue weighted by molar-refractivity contribution is -0.137. The fourth-order valence-electron chi connectivity index (χ4n) is 4.45. The van der Waals surface area contributed by atoms with Gasteiger partial charge in [-0.05, 0) is 51.1 Å². The van der Waals surface area contributed by atoms with E-state index in [1.165, 1.54) is 12.8 Å². The number of nitrogens with one attached hydrogen (secondary N) is 1. The third-order valence-corrected chi connectivity index (χ3v) is 5.97. The van der Waals surface area contributed by atoms with Gasteiger partial charge in [-0.1, -0.05) is 6.92 Å². The quantitative estimate of drug-likeness (QED) is 0.774. The van der Waals surface area contributed by atoms with Crippen LogP contribution in [-0.2, 0) is 4.79 Å². The normalized spacial score (nSPS) is 30.2. The molecular weight excluding hydrogens is 349 g/mol. The molecule has 1 saturated carbocycles. The van der Waals surface area contributed by atoms with Gasteiger partial charge in [0, 0.05) is 38.1 Å². The molecule has 1 aliphatic carbocycles. The van der Waals surface area contributed by atoms with Crippen LogP contribution in [0.3, 0.4) is 0 Å². The fraction of sp³-hybridized carbons (Fsp3) is 0.941. The Kier molecular flexibility index (Phi) is 8.27. The molecule has 0 aromatic carbocycles. The van der Waals surface area contributed by atoms with Crippen molar-refractivity contribution in [2.75, 3.05) is 39.3 Å². The van der Waals surface area contributed by atoms with Crippen molar-refractivity contribution in [3.05, 3.63) is 0 Å². The van der Waals surface area contributed by atoms with Crippen LogP contribution < -0.4 is 5.32 Å². The molecule has 0 aromatic rings. The summed E-state index contributed by atoms with van der Waals surface area (Å²) in [5.41, 5.74) is 0.334. The zero-order chi connectivity index (χ0) is 15.7. The number of aliphatic hydroxyl groups excluding tert-OH is 1. The maximum atomic E-state index is 12.9. The molecule has 2 saturated heterocycles. The summed E-state index contributed by atoms with van der Waals surface area (Å²) in [5, 5.41) is 13.0. The predicted octanol–water partition coefficient (Wildman–Crippen LogP) is 1.52. The second-order valence-corrected chi connectivity index (χ2v) is 7.56. The Morgan fingerprint density at radius 1 is 1.29 bits per heavy atom. The van der Waals surface area contributed by atoms with E-state index in [1.807, 2.05) is 6.92 Å². The van der Waals surface area contributed by atoms with Gasteiger partial charge < -0.3 is 15.3 Å². The first kappa shape index (κ1) is 22.0. The minimum absolute atomic E-state index is 0. The number of amides is 1. The second kappa shape index (κ2) is 9.04. The van der Waals surface area contributed by atoms with Crippen molar-refractivity contribution in [2.45, 2.75) is 51.7 Å². The van der Waals surface area contributed by atoms with Crippen LogP contribution in [0.1, 0.15) is 39.5 Å². The average Bonchev–Trinajstić information content (AvgIpc) is 3.20. The van der Waals surface area contributed by atoms with E-state index in [2.05, 4.69) is 22.0 Å². The number of piperidine rings is 1. The molecule has 0 aromatic heterocycles. The van der Waals surface area contributed by atoms with Gasteiger partial charge in [-0.2, -0.15) is 0 Å². The summed E-state index contributed by atoms with van der Waals surface area (Å²) in [4.78, 5) is 17.3. The Morgan fingerprint density at radius 2 is 1.96 bits per heavy atom. The molecule has 3 aliphatic rings. The summed E-state index contributed by atoms with van der Waals surface area (Å²) in [5.74, 6) is 0.687. The number of hydrogen-bond donors (Lipinski definition) is 2. The number of carbonyl (C=O) groups is 1. The van der Waals surface area contributed by atoms with E-state index in [4.69, 9.17) is 0 Å². The van der Waals surface area contributed by atoms with E-state index >= 15 is 0 Å². The van der Waals surface area contributed by atoms with E-state index in [-0.39, 0.29) is 36.8 Å². The van der Waals surface area contributed by atoms with Gasteiger partial charge in [-0.3, -0.25) is 9.69 Å². The number of β-amino-alcohol motifs (C(OH)–C–C–N with tert-alkyl or cyclic N) is 1. The Morgan fingerprint density at radius 3 is 2.54 bits per heavy atom. The topological polar surface area (TPSA) is 55.8 Å². The van der Waals surface area contributed by atoms with Gasteiger partial charge in [0.15, 0.2) is 0 Å². The first-order valence-electron chi connectivity index (χ1n) is 8.97.